The number of carbonyl (C=O) groups is 1. The van der Waals surface area contributed by atoms with Gasteiger partial charge in [0, 0.05) is 17.7 Å². The molecular formula is C25H47BrO. The van der Waals surface area contributed by atoms with Gasteiger partial charge < -0.3 is 0 Å². The number of Topliss-reactive ketones (excluding diaryl/α,β-unsaturated/α-hetero) is 1. The Morgan fingerprint density at radius 3 is 2.00 bits per heavy atom. The monoisotopic (exact) mass is 442 g/mol. The maximum absolute atomic E-state index is 12.4. The zero-order valence-corrected chi connectivity index (χ0v) is 20.0. The minimum atomic E-state index is 0.441. The van der Waals surface area contributed by atoms with E-state index in [0.29, 0.717) is 11.7 Å². The molecule has 0 spiro atoms. The third-order valence-electron chi connectivity index (χ3n) is 6.46. The molecule has 1 aliphatic carbocycles. The van der Waals surface area contributed by atoms with E-state index in [1.807, 2.05) is 0 Å². The highest BCUT2D eigenvalue weighted by molar-refractivity contribution is 9.09. The molecule has 3 unspecified atom stereocenters. The molecule has 0 radical (unpaired) electrons. The molecule has 0 amide bonds. The van der Waals surface area contributed by atoms with Crippen molar-refractivity contribution < 1.29 is 4.79 Å². The van der Waals surface area contributed by atoms with E-state index in [9.17, 15) is 4.79 Å². The molecule has 1 aliphatic rings. The average Bonchev–Trinajstić information content (AvgIpc) is 3.44. The first-order valence-electron chi connectivity index (χ1n) is 12.3. The number of hydrogen-bond donors (Lipinski definition) is 0. The quantitative estimate of drug-likeness (QED) is 0.136. The summed E-state index contributed by atoms with van der Waals surface area (Å²) < 4.78 is 0. The second-order valence-corrected chi connectivity index (χ2v) is 9.87. The van der Waals surface area contributed by atoms with Crippen molar-refractivity contribution in [3.05, 3.63) is 0 Å². The molecule has 0 aliphatic heterocycles. The van der Waals surface area contributed by atoms with Crippen molar-refractivity contribution in [2.24, 2.45) is 17.8 Å². The molecule has 160 valence electrons. The van der Waals surface area contributed by atoms with Gasteiger partial charge in [-0.2, -0.15) is 0 Å². The first-order valence-corrected chi connectivity index (χ1v) is 13.4. The van der Waals surface area contributed by atoms with E-state index in [0.717, 1.165) is 30.0 Å². The van der Waals surface area contributed by atoms with E-state index in [1.165, 1.54) is 103 Å². The maximum Gasteiger partial charge on any atom is 0.136 e. The highest BCUT2D eigenvalue weighted by atomic mass is 79.9. The van der Waals surface area contributed by atoms with Crippen molar-refractivity contribution in [2.75, 3.05) is 5.33 Å². The lowest BCUT2D eigenvalue weighted by molar-refractivity contribution is -0.120. The van der Waals surface area contributed by atoms with Crippen molar-refractivity contribution in [1.82, 2.24) is 0 Å². The standard InChI is InChI=1S/C25H47BrO/c1-3-5-7-9-10-13-17-22(16-12-8-6-4-2)20-23-21-24(23)25(27)18-14-11-15-19-26/h22-24H,3-21H2,1-2H3. The molecule has 27 heavy (non-hydrogen) atoms. The molecule has 0 aromatic heterocycles. The van der Waals surface area contributed by atoms with Gasteiger partial charge in [-0.05, 0) is 37.5 Å². The lowest BCUT2D eigenvalue weighted by Crippen LogP contribution is -2.07. The Bertz CT molecular complexity index is 354. The molecule has 0 N–H and O–H groups in total. The van der Waals surface area contributed by atoms with Crippen LogP contribution in [-0.2, 0) is 4.79 Å². The molecule has 0 bridgehead atoms. The summed E-state index contributed by atoms with van der Waals surface area (Å²) in [5.74, 6) is 2.66. The lowest BCUT2D eigenvalue weighted by atomic mass is 9.89. The van der Waals surface area contributed by atoms with Crippen LogP contribution < -0.4 is 0 Å². The van der Waals surface area contributed by atoms with Crippen LogP contribution >= 0.6 is 15.9 Å². The fourth-order valence-corrected chi connectivity index (χ4v) is 4.94. The van der Waals surface area contributed by atoms with Gasteiger partial charge >= 0.3 is 0 Å². The van der Waals surface area contributed by atoms with E-state index in [1.54, 1.807) is 0 Å². The smallest absolute Gasteiger partial charge is 0.136 e. The third-order valence-corrected chi connectivity index (χ3v) is 7.02. The topological polar surface area (TPSA) is 17.1 Å². The Labute approximate surface area is 179 Å². The van der Waals surface area contributed by atoms with E-state index < -0.39 is 0 Å². The predicted octanol–water partition coefficient (Wildman–Crippen LogP) is 8.87. The van der Waals surface area contributed by atoms with Crippen molar-refractivity contribution in [1.29, 1.82) is 0 Å². The molecule has 0 saturated heterocycles. The number of unbranched alkanes of at least 4 members (excludes halogenated alkanes) is 10. The molecule has 3 atom stereocenters. The molecule has 0 heterocycles. The van der Waals surface area contributed by atoms with Gasteiger partial charge in [-0.25, -0.2) is 0 Å². The Kier molecular flexibility index (Phi) is 15.9. The van der Waals surface area contributed by atoms with Crippen LogP contribution in [0.4, 0.5) is 0 Å². The molecule has 1 fully saturated rings. The zero-order chi connectivity index (χ0) is 19.7. The summed E-state index contributed by atoms with van der Waals surface area (Å²) in [6.45, 7) is 4.59. The van der Waals surface area contributed by atoms with Gasteiger partial charge in [-0.3, -0.25) is 4.79 Å². The number of ketones is 1. The molecule has 2 heteroatoms. The second kappa shape index (κ2) is 17.0. The second-order valence-electron chi connectivity index (χ2n) is 9.08. The van der Waals surface area contributed by atoms with Crippen LogP contribution in [0, 0.1) is 17.8 Å². The molecule has 1 saturated carbocycles. The van der Waals surface area contributed by atoms with Crippen molar-refractivity contribution in [3.8, 4) is 0 Å². The fraction of sp³-hybridized carbons (Fsp3) is 0.960. The average molecular weight is 444 g/mol. The van der Waals surface area contributed by atoms with E-state index in [4.69, 9.17) is 0 Å². The van der Waals surface area contributed by atoms with E-state index in [2.05, 4.69) is 29.8 Å². The van der Waals surface area contributed by atoms with Gasteiger partial charge in [0.05, 0.1) is 0 Å². The van der Waals surface area contributed by atoms with Gasteiger partial charge in [0.2, 0.25) is 0 Å². The SMILES string of the molecule is CCCCCCCCC(CCCCCC)CC1CC1C(=O)CCCCCBr. The molecular weight excluding hydrogens is 396 g/mol. The minimum Gasteiger partial charge on any atom is -0.299 e. The number of carbonyl (C=O) groups excluding carboxylic acids is 1. The molecule has 1 rings (SSSR count). The summed E-state index contributed by atoms with van der Waals surface area (Å²) in [6, 6.07) is 0. The summed E-state index contributed by atoms with van der Waals surface area (Å²) in [4.78, 5) is 12.4. The molecule has 0 aromatic carbocycles. The minimum absolute atomic E-state index is 0.441. The predicted molar refractivity (Wildman–Crippen MR) is 124 cm³/mol. The first-order chi connectivity index (χ1) is 13.2. The first kappa shape index (κ1) is 25.2. The Hall–Kier alpha value is 0.150. The number of rotatable bonds is 20. The zero-order valence-electron chi connectivity index (χ0n) is 18.5. The Morgan fingerprint density at radius 1 is 0.815 bits per heavy atom. The summed E-state index contributed by atoms with van der Waals surface area (Å²) in [5.41, 5.74) is 0. The van der Waals surface area contributed by atoms with Gasteiger partial charge in [0.15, 0.2) is 0 Å². The maximum atomic E-state index is 12.4. The molecule has 0 aromatic rings. The number of alkyl halides is 1. The van der Waals surface area contributed by atoms with Gasteiger partial charge in [-0.1, -0.05) is 113 Å². The molecule has 1 nitrogen and oxygen atoms in total. The highest BCUT2D eigenvalue weighted by Crippen LogP contribution is 2.46. The lowest BCUT2D eigenvalue weighted by Gasteiger charge is -2.17. The number of halogens is 1. The number of hydrogen-bond acceptors (Lipinski definition) is 1. The van der Waals surface area contributed by atoms with Gasteiger partial charge in [0.1, 0.15) is 5.78 Å². The Morgan fingerprint density at radius 2 is 1.37 bits per heavy atom. The largest absolute Gasteiger partial charge is 0.299 e. The van der Waals surface area contributed by atoms with E-state index >= 15 is 0 Å². The van der Waals surface area contributed by atoms with Crippen LogP contribution in [0.3, 0.4) is 0 Å². The Balaban J connectivity index is 2.23. The third kappa shape index (κ3) is 13.1. The van der Waals surface area contributed by atoms with E-state index in [-0.39, 0.29) is 0 Å². The van der Waals surface area contributed by atoms with Gasteiger partial charge in [-0.15, -0.1) is 0 Å². The fourth-order valence-electron chi connectivity index (χ4n) is 4.54. The van der Waals surface area contributed by atoms with Crippen molar-refractivity contribution >= 4 is 21.7 Å². The summed E-state index contributed by atoms with van der Waals surface area (Å²) in [5, 5.41) is 1.07. The van der Waals surface area contributed by atoms with Crippen LogP contribution in [0.2, 0.25) is 0 Å². The van der Waals surface area contributed by atoms with Crippen LogP contribution in [0.1, 0.15) is 129 Å². The summed E-state index contributed by atoms with van der Waals surface area (Å²) in [7, 11) is 0. The van der Waals surface area contributed by atoms with Gasteiger partial charge in [0.25, 0.3) is 0 Å². The van der Waals surface area contributed by atoms with Crippen molar-refractivity contribution in [2.45, 2.75) is 129 Å². The van der Waals surface area contributed by atoms with Crippen LogP contribution in [0.5, 0.6) is 0 Å². The van der Waals surface area contributed by atoms with Crippen LogP contribution in [0.25, 0.3) is 0 Å². The van der Waals surface area contributed by atoms with Crippen LogP contribution in [0.15, 0.2) is 0 Å². The highest BCUT2D eigenvalue weighted by Gasteiger charge is 2.42. The normalized spacial score (nSPS) is 20.0. The summed E-state index contributed by atoms with van der Waals surface area (Å²) >= 11 is 3.48. The van der Waals surface area contributed by atoms with Crippen LogP contribution in [-0.4, -0.2) is 11.1 Å². The summed E-state index contributed by atoms with van der Waals surface area (Å²) in [6.07, 6.45) is 23.7. The van der Waals surface area contributed by atoms with Crippen molar-refractivity contribution in [3.63, 3.8) is 0 Å².